The van der Waals surface area contributed by atoms with Crippen LogP contribution in [0.5, 0.6) is 5.75 Å². The molecule has 2 bridgehead atoms. The minimum Gasteiger partial charge on any atom is -0.486 e. The molecule has 6 atom stereocenters. The predicted octanol–water partition coefficient (Wildman–Crippen LogP) is 4.03. The second-order valence-corrected chi connectivity index (χ2v) is 10.5. The van der Waals surface area contributed by atoms with E-state index in [0.29, 0.717) is 17.9 Å². The largest absolute Gasteiger partial charge is 0.486 e. The normalized spacial score (nSPS) is 37.4. The van der Waals surface area contributed by atoms with Gasteiger partial charge in [0.25, 0.3) is 0 Å². The second-order valence-electron chi connectivity index (χ2n) is 10.5. The van der Waals surface area contributed by atoms with E-state index >= 15 is 0 Å². The van der Waals surface area contributed by atoms with E-state index in [4.69, 9.17) is 9.47 Å². The number of hydrogen-bond acceptors (Lipinski definition) is 4. The molecule has 2 aromatic rings. The van der Waals surface area contributed by atoms with Gasteiger partial charge >= 0.3 is 0 Å². The lowest BCUT2D eigenvalue weighted by atomic mass is 9.51. The summed E-state index contributed by atoms with van der Waals surface area (Å²) >= 11 is 0. The Bertz CT molecular complexity index is 1020. The number of nitrogens with zero attached hydrogens (tertiary/aromatic N) is 1. The van der Waals surface area contributed by atoms with E-state index in [1.165, 1.54) is 42.6 Å². The highest BCUT2D eigenvalue weighted by molar-refractivity contribution is 5.55. The maximum atomic E-state index is 6.76. The zero-order chi connectivity index (χ0) is 20.6. The van der Waals surface area contributed by atoms with Crippen molar-refractivity contribution in [2.45, 2.75) is 55.8 Å². The smallest absolute Gasteiger partial charge is 0.135 e. The number of ether oxygens (including phenoxy) is 2. The van der Waals surface area contributed by atoms with Gasteiger partial charge in [-0.3, -0.25) is 0 Å². The number of para-hydroxylation sites is 1. The minimum absolute atomic E-state index is 0.168. The van der Waals surface area contributed by atoms with E-state index in [9.17, 15) is 0 Å². The molecule has 1 saturated heterocycles. The third-order valence-corrected chi connectivity index (χ3v) is 9.09. The summed E-state index contributed by atoms with van der Waals surface area (Å²) in [5.41, 5.74) is 5.96. The molecule has 0 amide bonds. The van der Waals surface area contributed by atoms with Crippen molar-refractivity contribution in [3.63, 3.8) is 0 Å². The Hall–Kier alpha value is -2.04. The van der Waals surface area contributed by atoms with Crippen LogP contribution in [0.3, 0.4) is 0 Å². The van der Waals surface area contributed by atoms with Crippen LogP contribution in [0, 0.1) is 11.8 Å². The van der Waals surface area contributed by atoms with Crippen LogP contribution in [0.2, 0.25) is 0 Å². The van der Waals surface area contributed by atoms with Gasteiger partial charge < -0.3 is 19.7 Å². The fraction of sp³-hybridized carbons (Fsp3) is 0.556. The van der Waals surface area contributed by atoms with Gasteiger partial charge in [0.05, 0.1) is 12.7 Å². The number of rotatable bonds is 3. The molecule has 5 aliphatic rings. The average Bonchev–Trinajstić information content (AvgIpc) is 3.15. The number of fused-ring (bicyclic) bond motifs is 1. The van der Waals surface area contributed by atoms with Crippen molar-refractivity contribution in [1.29, 1.82) is 0 Å². The summed E-state index contributed by atoms with van der Waals surface area (Å²) in [6.07, 6.45) is 6.27. The molecule has 1 N–H and O–H groups in total. The van der Waals surface area contributed by atoms with Gasteiger partial charge in [-0.1, -0.05) is 30.3 Å². The van der Waals surface area contributed by atoms with Gasteiger partial charge in [-0.2, -0.15) is 0 Å². The number of piperidine rings is 1. The molecule has 31 heavy (non-hydrogen) atoms. The SMILES string of the molecule is CN1CC[C@]23c4c5cccc4O[C@H]2[C@H](OCC2CNc4ccccc4C2)CC[C@H]3[C@H]1C5. The highest BCUT2D eigenvalue weighted by Gasteiger charge is 2.65. The lowest BCUT2D eigenvalue weighted by Gasteiger charge is -2.59. The van der Waals surface area contributed by atoms with Crippen molar-refractivity contribution in [3.8, 4) is 5.75 Å². The van der Waals surface area contributed by atoms with Gasteiger partial charge in [-0.05, 0) is 74.9 Å². The summed E-state index contributed by atoms with van der Waals surface area (Å²) in [5.74, 6) is 2.38. The number of nitrogens with one attached hydrogen (secondary N) is 1. The molecular formula is C27H32N2O2. The molecule has 1 saturated carbocycles. The van der Waals surface area contributed by atoms with Crippen LogP contribution < -0.4 is 10.1 Å². The summed E-state index contributed by atoms with van der Waals surface area (Å²) in [6.45, 7) is 2.99. The predicted molar refractivity (Wildman–Crippen MR) is 122 cm³/mol. The summed E-state index contributed by atoms with van der Waals surface area (Å²) in [5, 5.41) is 3.61. The van der Waals surface area contributed by atoms with Gasteiger partial charge in [0.2, 0.25) is 0 Å². The summed E-state index contributed by atoms with van der Waals surface area (Å²) in [7, 11) is 2.33. The van der Waals surface area contributed by atoms with Crippen molar-refractivity contribution >= 4 is 5.69 Å². The molecule has 4 heteroatoms. The van der Waals surface area contributed by atoms with Crippen molar-refractivity contribution in [3.05, 3.63) is 59.2 Å². The molecule has 1 unspecified atom stereocenters. The number of anilines is 1. The van der Waals surface area contributed by atoms with Gasteiger partial charge in [0.15, 0.2) is 0 Å². The lowest BCUT2D eigenvalue weighted by Crippen LogP contribution is -2.66. The number of likely N-dealkylation sites (N-methyl/N-ethyl adjacent to an activating group) is 1. The Labute approximate surface area is 184 Å². The van der Waals surface area contributed by atoms with Crippen LogP contribution in [0.15, 0.2) is 42.5 Å². The highest BCUT2D eigenvalue weighted by atomic mass is 16.5. The van der Waals surface area contributed by atoms with E-state index < -0.39 is 0 Å². The molecule has 2 fully saturated rings. The zero-order valence-corrected chi connectivity index (χ0v) is 18.3. The van der Waals surface area contributed by atoms with Crippen LogP contribution in [0.4, 0.5) is 5.69 Å². The van der Waals surface area contributed by atoms with Gasteiger partial charge in [-0.25, -0.2) is 0 Å². The van der Waals surface area contributed by atoms with E-state index in [0.717, 1.165) is 31.7 Å². The van der Waals surface area contributed by atoms with Crippen molar-refractivity contribution < 1.29 is 9.47 Å². The molecule has 0 radical (unpaired) electrons. The molecule has 1 spiro atoms. The van der Waals surface area contributed by atoms with Crippen LogP contribution in [0.1, 0.15) is 36.0 Å². The summed E-state index contributed by atoms with van der Waals surface area (Å²) in [6, 6.07) is 16.1. The van der Waals surface area contributed by atoms with Crippen molar-refractivity contribution in [2.75, 3.05) is 32.1 Å². The average molecular weight is 417 g/mol. The van der Waals surface area contributed by atoms with Crippen LogP contribution in [-0.4, -0.2) is 49.9 Å². The number of benzene rings is 2. The first-order valence-corrected chi connectivity index (χ1v) is 12.2. The zero-order valence-electron chi connectivity index (χ0n) is 18.3. The van der Waals surface area contributed by atoms with Crippen molar-refractivity contribution in [2.24, 2.45) is 11.8 Å². The van der Waals surface area contributed by atoms with E-state index in [2.05, 4.69) is 59.7 Å². The van der Waals surface area contributed by atoms with Crippen LogP contribution >= 0.6 is 0 Å². The van der Waals surface area contributed by atoms with Crippen LogP contribution in [-0.2, 0) is 23.0 Å². The first kappa shape index (κ1) is 18.5. The Morgan fingerprint density at radius 2 is 2.00 bits per heavy atom. The van der Waals surface area contributed by atoms with Gasteiger partial charge in [0, 0.05) is 35.2 Å². The molecule has 162 valence electrons. The monoisotopic (exact) mass is 416 g/mol. The minimum atomic E-state index is 0.168. The highest BCUT2D eigenvalue weighted by Crippen LogP contribution is 2.62. The molecule has 4 nitrogen and oxygen atoms in total. The molecule has 2 aromatic carbocycles. The maximum absolute atomic E-state index is 6.76. The molecule has 7 rings (SSSR count). The Morgan fingerprint density at radius 1 is 1.10 bits per heavy atom. The summed E-state index contributed by atoms with van der Waals surface area (Å²) in [4.78, 5) is 2.62. The maximum Gasteiger partial charge on any atom is 0.135 e. The fourth-order valence-corrected chi connectivity index (χ4v) is 7.72. The quantitative estimate of drug-likeness (QED) is 0.819. The van der Waals surface area contributed by atoms with E-state index in [1.807, 2.05) is 0 Å². The third-order valence-electron chi connectivity index (χ3n) is 9.09. The number of hydrogen-bond donors (Lipinski definition) is 1. The Balaban J connectivity index is 1.16. The first-order chi connectivity index (χ1) is 15.2. The Morgan fingerprint density at radius 3 is 2.97 bits per heavy atom. The van der Waals surface area contributed by atoms with Gasteiger partial charge in [-0.15, -0.1) is 0 Å². The fourth-order valence-electron chi connectivity index (χ4n) is 7.72. The third kappa shape index (κ3) is 2.55. The van der Waals surface area contributed by atoms with E-state index in [1.54, 1.807) is 5.56 Å². The molecule has 3 heterocycles. The standard InChI is InChI=1S/C27H32N2O2/c1-29-12-11-27-20-9-10-24(30-16-17-13-18-5-2-3-7-21(18)28-15-17)26(27)31-23-8-4-6-19(25(23)27)14-22(20)29/h2-8,17,20,22,24,26,28H,9-16H2,1H3/t17?,20-,22+,24+,26-,27-/m0/s1. The topological polar surface area (TPSA) is 33.7 Å². The molecular weight excluding hydrogens is 384 g/mol. The van der Waals surface area contributed by atoms with Gasteiger partial charge in [0.1, 0.15) is 11.9 Å². The molecule has 2 aliphatic carbocycles. The first-order valence-electron chi connectivity index (χ1n) is 12.2. The van der Waals surface area contributed by atoms with Crippen LogP contribution in [0.25, 0.3) is 0 Å². The lowest BCUT2D eigenvalue weighted by molar-refractivity contribution is -0.127. The summed E-state index contributed by atoms with van der Waals surface area (Å²) < 4.78 is 13.5. The second kappa shape index (κ2) is 6.73. The Kier molecular flexibility index (Phi) is 4.02. The van der Waals surface area contributed by atoms with E-state index in [-0.39, 0.29) is 17.6 Å². The van der Waals surface area contributed by atoms with Crippen molar-refractivity contribution in [1.82, 2.24) is 4.90 Å². The molecule has 0 aromatic heterocycles. The molecule has 3 aliphatic heterocycles. The number of likely N-dealkylation sites (tertiary alicyclic amines) is 1.